The molecule has 30 heavy (non-hydrogen) atoms. The molecule has 0 spiro atoms. The minimum absolute atomic E-state index is 0.228. The topological polar surface area (TPSA) is 43.4 Å². The second kappa shape index (κ2) is 9.43. The first-order chi connectivity index (χ1) is 14.5. The van der Waals surface area contributed by atoms with Gasteiger partial charge in [-0.1, -0.05) is 86.3 Å². The summed E-state index contributed by atoms with van der Waals surface area (Å²) in [5.41, 5.74) is 4.72. The molecule has 4 rings (SSSR count). The molecule has 0 N–H and O–H groups in total. The Balaban J connectivity index is 1.51. The van der Waals surface area contributed by atoms with Gasteiger partial charge in [-0.3, -0.25) is 4.18 Å². The van der Waals surface area contributed by atoms with Crippen LogP contribution in [0.15, 0.2) is 89.8 Å². The standard InChI is InChI=1S/C25H27O3PS/c1-20-12-14-23(15-13-20)30(26,27)28-18-19-29-24(21-8-4-2-5-9-21)16-17-25(29)22-10-6-3-7-11-22/h2-15,24-25H,16-19H2,1H3/t24-,25-/m1/s1. The summed E-state index contributed by atoms with van der Waals surface area (Å²) in [6.45, 7) is 2.17. The van der Waals surface area contributed by atoms with E-state index in [0.29, 0.717) is 11.3 Å². The number of hydrogen-bond donors (Lipinski definition) is 0. The molecule has 0 radical (unpaired) electrons. The monoisotopic (exact) mass is 438 g/mol. The minimum Gasteiger partial charge on any atom is -0.266 e. The van der Waals surface area contributed by atoms with Gasteiger partial charge in [-0.2, -0.15) is 8.42 Å². The Morgan fingerprint density at radius 2 is 1.30 bits per heavy atom. The first-order valence-electron chi connectivity index (χ1n) is 10.4. The van der Waals surface area contributed by atoms with Crippen LogP contribution in [0, 0.1) is 6.92 Å². The van der Waals surface area contributed by atoms with E-state index in [1.807, 2.05) is 19.1 Å². The molecule has 0 bridgehead atoms. The fourth-order valence-corrected chi connectivity index (χ4v) is 8.73. The molecule has 1 heterocycles. The molecule has 1 aliphatic rings. The Bertz CT molecular complexity index is 1000. The first-order valence-corrected chi connectivity index (χ1v) is 13.4. The Morgan fingerprint density at radius 1 is 0.800 bits per heavy atom. The van der Waals surface area contributed by atoms with Crippen molar-refractivity contribution < 1.29 is 12.6 Å². The molecule has 3 aromatic carbocycles. The maximum absolute atomic E-state index is 12.6. The van der Waals surface area contributed by atoms with Crippen LogP contribution in [0.3, 0.4) is 0 Å². The van der Waals surface area contributed by atoms with Crippen LogP contribution < -0.4 is 0 Å². The van der Waals surface area contributed by atoms with Crippen LogP contribution >= 0.6 is 7.92 Å². The van der Waals surface area contributed by atoms with Gasteiger partial charge in [-0.25, -0.2) is 0 Å². The zero-order valence-electron chi connectivity index (χ0n) is 17.1. The van der Waals surface area contributed by atoms with E-state index in [0.717, 1.165) is 24.6 Å². The summed E-state index contributed by atoms with van der Waals surface area (Å²) in [6, 6.07) is 28.1. The van der Waals surface area contributed by atoms with Crippen LogP contribution in [0.1, 0.15) is 40.8 Å². The highest BCUT2D eigenvalue weighted by molar-refractivity contribution is 7.86. The zero-order valence-corrected chi connectivity index (χ0v) is 18.9. The number of benzene rings is 3. The molecule has 2 atom stereocenters. The molecule has 3 aromatic rings. The average Bonchev–Trinajstić information content (AvgIpc) is 3.19. The molecule has 0 amide bonds. The van der Waals surface area contributed by atoms with Crippen molar-refractivity contribution in [2.24, 2.45) is 0 Å². The van der Waals surface area contributed by atoms with Gasteiger partial charge in [-0.05, 0) is 49.2 Å². The zero-order chi connectivity index (χ0) is 21.0. The quantitative estimate of drug-likeness (QED) is 0.314. The van der Waals surface area contributed by atoms with Gasteiger partial charge in [0.15, 0.2) is 0 Å². The Kier molecular flexibility index (Phi) is 6.67. The van der Waals surface area contributed by atoms with E-state index in [-0.39, 0.29) is 11.5 Å². The fourth-order valence-electron chi connectivity index (χ4n) is 4.27. The number of aryl methyl sites for hydroxylation is 1. The molecule has 1 fully saturated rings. The highest BCUT2D eigenvalue weighted by Crippen LogP contribution is 2.69. The largest absolute Gasteiger partial charge is 0.296 e. The van der Waals surface area contributed by atoms with Crippen molar-refractivity contribution in [2.45, 2.75) is 36.0 Å². The molecule has 5 heteroatoms. The van der Waals surface area contributed by atoms with Crippen LogP contribution in [0.25, 0.3) is 0 Å². The second-order valence-electron chi connectivity index (χ2n) is 7.76. The van der Waals surface area contributed by atoms with E-state index in [1.165, 1.54) is 11.1 Å². The van der Waals surface area contributed by atoms with Crippen molar-refractivity contribution in [3.8, 4) is 0 Å². The highest BCUT2D eigenvalue weighted by Gasteiger charge is 2.37. The lowest BCUT2D eigenvalue weighted by molar-refractivity contribution is 0.340. The van der Waals surface area contributed by atoms with E-state index in [1.54, 1.807) is 24.3 Å². The van der Waals surface area contributed by atoms with Crippen molar-refractivity contribution in [3.05, 3.63) is 102 Å². The molecule has 3 nitrogen and oxygen atoms in total. The van der Waals surface area contributed by atoms with Gasteiger partial charge in [0.2, 0.25) is 0 Å². The van der Waals surface area contributed by atoms with Gasteiger partial charge in [0.25, 0.3) is 10.1 Å². The third kappa shape index (κ3) is 4.83. The van der Waals surface area contributed by atoms with Crippen LogP contribution in [-0.4, -0.2) is 21.2 Å². The lowest BCUT2D eigenvalue weighted by atomic mass is 10.0. The lowest BCUT2D eigenvalue weighted by Gasteiger charge is -2.26. The summed E-state index contributed by atoms with van der Waals surface area (Å²) >= 11 is 0. The summed E-state index contributed by atoms with van der Waals surface area (Å²) in [5, 5.41) is 0. The summed E-state index contributed by atoms with van der Waals surface area (Å²) in [7, 11) is -4.16. The molecular weight excluding hydrogens is 411 g/mol. The predicted molar refractivity (Wildman–Crippen MR) is 124 cm³/mol. The van der Waals surface area contributed by atoms with Crippen molar-refractivity contribution in [1.82, 2.24) is 0 Å². The molecule has 0 unspecified atom stereocenters. The summed E-state index contributed by atoms with van der Waals surface area (Å²) in [5.74, 6) is 0. The maximum atomic E-state index is 12.6. The Hall–Kier alpha value is -2.00. The van der Waals surface area contributed by atoms with E-state index < -0.39 is 18.0 Å². The summed E-state index contributed by atoms with van der Waals surface area (Å²) in [4.78, 5) is 0.228. The first kappa shape index (κ1) is 21.2. The summed E-state index contributed by atoms with van der Waals surface area (Å²) < 4.78 is 30.7. The maximum Gasteiger partial charge on any atom is 0.296 e. The molecular formula is C25H27O3PS. The van der Waals surface area contributed by atoms with Gasteiger partial charge in [0.1, 0.15) is 0 Å². The van der Waals surface area contributed by atoms with E-state index in [9.17, 15) is 8.42 Å². The number of hydrogen-bond acceptors (Lipinski definition) is 3. The lowest BCUT2D eigenvalue weighted by Crippen LogP contribution is -2.11. The number of rotatable bonds is 7. The van der Waals surface area contributed by atoms with Gasteiger partial charge in [0.05, 0.1) is 11.5 Å². The third-order valence-electron chi connectivity index (χ3n) is 5.78. The molecule has 0 aliphatic carbocycles. The van der Waals surface area contributed by atoms with E-state index in [4.69, 9.17) is 4.18 Å². The fraction of sp³-hybridized carbons (Fsp3) is 0.280. The molecule has 0 aromatic heterocycles. The Labute approximate surface area is 181 Å². The highest BCUT2D eigenvalue weighted by atomic mass is 32.2. The van der Waals surface area contributed by atoms with Crippen LogP contribution in [0.5, 0.6) is 0 Å². The van der Waals surface area contributed by atoms with E-state index in [2.05, 4.69) is 48.5 Å². The van der Waals surface area contributed by atoms with Crippen LogP contribution in [0.4, 0.5) is 0 Å². The van der Waals surface area contributed by atoms with Crippen LogP contribution in [0.2, 0.25) is 0 Å². The van der Waals surface area contributed by atoms with E-state index >= 15 is 0 Å². The second-order valence-corrected chi connectivity index (χ2v) is 12.1. The molecule has 156 valence electrons. The van der Waals surface area contributed by atoms with Crippen LogP contribution in [-0.2, 0) is 14.3 Å². The Morgan fingerprint density at radius 3 is 1.80 bits per heavy atom. The molecule has 1 saturated heterocycles. The predicted octanol–water partition coefficient (Wildman–Crippen LogP) is 6.46. The van der Waals surface area contributed by atoms with Gasteiger partial charge >= 0.3 is 0 Å². The smallest absolute Gasteiger partial charge is 0.266 e. The van der Waals surface area contributed by atoms with Crippen molar-refractivity contribution in [1.29, 1.82) is 0 Å². The van der Waals surface area contributed by atoms with Gasteiger partial charge < -0.3 is 0 Å². The summed E-state index contributed by atoms with van der Waals surface area (Å²) in [6.07, 6.45) is 3.06. The van der Waals surface area contributed by atoms with Crippen molar-refractivity contribution in [2.75, 3.05) is 12.8 Å². The average molecular weight is 439 g/mol. The minimum atomic E-state index is -3.72. The molecule has 0 saturated carbocycles. The van der Waals surface area contributed by atoms with Crippen molar-refractivity contribution >= 4 is 18.0 Å². The van der Waals surface area contributed by atoms with Crippen molar-refractivity contribution in [3.63, 3.8) is 0 Å². The van der Waals surface area contributed by atoms with Gasteiger partial charge in [0, 0.05) is 11.3 Å². The third-order valence-corrected chi connectivity index (χ3v) is 10.5. The SMILES string of the molecule is Cc1ccc(S(=O)(=O)OCCP2[C@@H](c3ccccc3)CC[C@@H]2c2ccccc2)cc1. The normalized spacial score (nSPS) is 19.8. The molecule has 1 aliphatic heterocycles. The van der Waals surface area contributed by atoms with Gasteiger partial charge in [-0.15, -0.1) is 0 Å².